The van der Waals surface area contributed by atoms with Gasteiger partial charge in [-0.3, -0.25) is 0 Å². The van der Waals surface area contributed by atoms with Crippen molar-refractivity contribution in [2.45, 2.75) is 89.6 Å². The average Bonchev–Trinajstić information content (AvgIpc) is 3.22. The molecule has 3 aliphatic rings. The van der Waals surface area contributed by atoms with Gasteiger partial charge in [-0.25, -0.2) is 0 Å². The van der Waals surface area contributed by atoms with Gasteiger partial charge in [0.05, 0.1) is 0 Å². The topological polar surface area (TPSA) is 12.0 Å². The van der Waals surface area contributed by atoms with Crippen LogP contribution in [0, 0.1) is 17.8 Å². The summed E-state index contributed by atoms with van der Waals surface area (Å²) in [6.45, 7) is 2.37. The summed E-state index contributed by atoms with van der Waals surface area (Å²) < 4.78 is 0. The van der Waals surface area contributed by atoms with Crippen LogP contribution in [-0.4, -0.2) is 12.1 Å². The second-order valence-electron chi connectivity index (χ2n) is 7.27. The first-order valence-electron chi connectivity index (χ1n) is 8.61. The predicted octanol–water partition coefficient (Wildman–Crippen LogP) is 4.51. The molecule has 3 saturated carbocycles. The molecule has 0 aliphatic heterocycles. The van der Waals surface area contributed by atoms with Crippen LogP contribution >= 0.6 is 0 Å². The van der Waals surface area contributed by atoms with Crippen LogP contribution in [0.2, 0.25) is 0 Å². The molecule has 1 N–H and O–H groups in total. The Balaban J connectivity index is 1.47. The summed E-state index contributed by atoms with van der Waals surface area (Å²) in [5.41, 5.74) is 0. The van der Waals surface area contributed by atoms with Crippen LogP contribution in [-0.2, 0) is 0 Å². The number of rotatable bonds is 5. The van der Waals surface area contributed by atoms with E-state index < -0.39 is 0 Å². The van der Waals surface area contributed by atoms with E-state index in [1.54, 1.807) is 0 Å². The van der Waals surface area contributed by atoms with Crippen LogP contribution in [0.1, 0.15) is 77.6 Å². The molecule has 4 unspecified atom stereocenters. The lowest BCUT2D eigenvalue weighted by Gasteiger charge is -2.40. The summed E-state index contributed by atoms with van der Waals surface area (Å²) in [6, 6.07) is 1.68. The largest absolute Gasteiger partial charge is 0.311 e. The normalized spacial score (nSPS) is 38.2. The SMILES string of the molecule is CCC(CC1CC1)NC1CCC2CCCCC2C1. The zero-order chi connectivity index (χ0) is 12.4. The molecule has 0 aromatic heterocycles. The van der Waals surface area contributed by atoms with Gasteiger partial charge in [0, 0.05) is 12.1 Å². The van der Waals surface area contributed by atoms with Gasteiger partial charge < -0.3 is 5.32 Å². The minimum absolute atomic E-state index is 0.822. The summed E-state index contributed by atoms with van der Waals surface area (Å²) in [7, 11) is 0. The maximum absolute atomic E-state index is 4.01. The first kappa shape index (κ1) is 13.0. The molecule has 1 nitrogen and oxygen atoms in total. The summed E-state index contributed by atoms with van der Waals surface area (Å²) in [5.74, 6) is 3.25. The zero-order valence-electron chi connectivity index (χ0n) is 12.2. The molecule has 0 amide bonds. The molecule has 3 aliphatic carbocycles. The Bertz CT molecular complexity index is 258. The Morgan fingerprint density at radius 3 is 2.44 bits per heavy atom. The monoisotopic (exact) mass is 249 g/mol. The van der Waals surface area contributed by atoms with Gasteiger partial charge in [-0.05, 0) is 49.9 Å². The third kappa shape index (κ3) is 3.29. The number of nitrogens with one attached hydrogen (secondary N) is 1. The van der Waals surface area contributed by atoms with E-state index >= 15 is 0 Å². The third-order valence-electron chi connectivity index (χ3n) is 5.82. The van der Waals surface area contributed by atoms with Crippen molar-refractivity contribution in [1.29, 1.82) is 0 Å². The molecule has 0 saturated heterocycles. The third-order valence-corrected chi connectivity index (χ3v) is 5.82. The molecule has 0 spiro atoms. The van der Waals surface area contributed by atoms with E-state index in [0.29, 0.717) is 0 Å². The minimum atomic E-state index is 0.822. The lowest BCUT2D eigenvalue weighted by atomic mass is 9.69. The fourth-order valence-electron chi connectivity index (χ4n) is 4.47. The van der Waals surface area contributed by atoms with Gasteiger partial charge in [-0.15, -0.1) is 0 Å². The van der Waals surface area contributed by atoms with Crippen LogP contribution in [0.25, 0.3) is 0 Å². The molecule has 0 aromatic rings. The van der Waals surface area contributed by atoms with Crippen molar-refractivity contribution >= 4 is 0 Å². The van der Waals surface area contributed by atoms with Gasteiger partial charge in [0.2, 0.25) is 0 Å². The van der Waals surface area contributed by atoms with Crippen molar-refractivity contribution in [3.63, 3.8) is 0 Å². The van der Waals surface area contributed by atoms with E-state index in [1.165, 1.54) is 70.6 Å². The van der Waals surface area contributed by atoms with Crippen LogP contribution < -0.4 is 5.32 Å². The maximum atomic E-state index is 4.01. The molecule has 3 fully saturated rings. The second-order valence-corrected chi connectivity index (χ2v) is 7.27. The Hall–Kier alpha value is -0.0400. The Labute approximate surface area is 113 Å². The molecular formula is C17H31N. The van der Waals surface area contributed by atoms with Crippen molar-refractivity contribution < 1.29 is 0 Å². The zero-order valence-corrected chi connectivity index (χ0v) is 12.2. The van der Waals surface area contributed by atoms with Gasteiger partial charge in [0.25, 0.3) is 0 Å². The van der Waals surface area contributed by atoms with Gasteiger partial charge >= 0.3 is 0 Å². The molecule has 104 valence electrons. The van der Waals surface area contributed by atoms with Crippen LogP contribution in [0.3, 0.4) is 0 Å². The smallest absolute Gasteiger partial charge is 0.00724 e. The summed E-state index contributed by atoms with van der Waals surface area (Å²) in [4.78, 5) is 0. The summed E-state index contributed by atoms with van der Waals surface area (Å²) in [6.07, 6.45) is 16.4. The Kier molecular flexibility index (Phi) is 4.28. The van der Waals surface area contributed by atoms with E-state index in [-0.39, 0.29) is 0 Å². The van der Waals surface area contributed by atoms with Crippen molar-refractivity contribution in [3.8, 4) is 0 Å². The van der Waals surface area contributed by atoms with Crippen molar-refractivity contribution in [1.82, 2.24) is 5.32 Å². The van der Waals surface area contributed by atoms with Crippen LogP contribution in [0.5, 0.6) is 0 Å². The Morgan fingerprint density at radius 1 is 0.944 bits per heavy atom. The second kappa shape index (κ2) is 5.94. The molecule has 0 heterocycles. The number of fused-ring (bicyclic) bond motifs is 1. The fraction of sp³-hybridized carbons (Fsp3) is 1.00. The minimum Gasteiger partial charge on any atom is -0.311 e. The summed E-state index contributed by atoms with van der Waals surface area (Å²) >= 11 is 0. The van der Waals surface area contributed by atoms with E-state index in [2.05, 4.69) is 12.2 Å². The molecule has 4 atom stereocenters. The summed E-state index contributed by atoms with van der Waals surface area (Å²) in [5, 5.41) is 4.01. The van der Waals surface area contributed by atoms with E-state index in [4.69, 9.17) is 0 Å². The highest BCUT2D eigenvalue weighted by Gasteiger charge is 2.33. The predicted molar refractivity (Wildman–Crippen MR) is 77.6 cm³/mol. The molecule has 1 heteroatoms. The van der Waals surface area contributed by atoms with Crippen molar-refractivity contribution in [3.05, 3.63) is 0 Å². The lowest BCUT2D eigenvalue weighted by molar-refractivity contribution is 0.136. The van der Waals surface area contributed by atoms with E-state index in [0.717, 1.165) is 29.8 Å². The molecule has 0 aromatic carbocycles. The van der Waals surface area contributed by atoms with E-state index in [1.807, 2.05) is 0 Å². The molecule has 3 rings (SSSR count). The fourth-order valence-corrected chi connectivity index (χ4v) is 4.47. The van der Waals surface area contributed by atoms with E-state index in [9.17, 15) is 0 Å². The number of hydrogen-bond acceptors (Lipinski definition) is 1. The quantitative estimate of drug-likeness (QED) is 0.755. The van der Waals surface area contributed by atoms with Crippen LogP contribution in [0.4, 0.5) is 0 Å². The standard InChI is InChI=1S/C17H31N/c1-2-16(11-13-7-8-13)18-17-10-9-14-5-3-4-6-15(14)12-17/h13-18H,2-12H2,1H3. The molecule has 0 radical (unpaired) electrons. The highest BCUT2D eigenvalue weighted by atomic mass is 15.0. The molecule has 18 heavy (non-hydrogen) atoms. The number of hydrogen-bond donors (Lipinski definition) is 1. The first-order valence-corrected chi connectivity index (χ1v) is 8.61. The highest BCUT2D eigenvalue weighted by molar-refractivity contribution is 4.88. The average molecular weight is 249 g/mol. The molecular weight excluding hydrogens is 218 g/mol. The lowest BCUT2D eigenvalue weighted by Crippen LogP contribution is -2.43. The van der Waals surface area contributed by atoms with Crippen molar-refractivity contribution in [2.75, 3.05) is 0 Å². The van der Waals surface area contributed by atoms with Crippen LogP contribution in [0.15, 0.2) is 0 Å². The van der Waals surface area contributed by atoms with Gasteiger partial charge in [0.1, 0.15) is 0 Å². The van der Waals surface area contributed by atoms with Gasteiger partial charge in [-0.2, -0.15) is 0 Å². The molecule has 0 bridgehead atoms. The first-order chi connectivity index (χ1) is 8.85. The maximum Gasteiger partial charge on any atom is 0.00724 e. The highest BCUT2D eigenvalue weighted by Crippen LogP contribution is 2.41. The van der Waals surface area contributed by atoms with Crippen molar-refractivity contribution in [2.24, 2.45) is 17.8 Å². The van der Waals surface area contributed by atoms with Gasteiger partial charge in [0.15, 0.2) is 0 Å². The van der Waals surface area contributed by atoms with Gasteiger partial charge in [-0.1, -0.05) is 45.4 Å². The Morgan fingerprint density at radius 2 is 1.72 bits per heavy atom.